The topological polar surface area (TPSA) is 25.8 Å². The molecule has 0 radical (unpaired) electrons. The van der Waals surface area contributed by atoms with Crippen molar-refractivity contribution >= 4 is 0 Å². The summed E-state index contributed by atoms with van der Waals surface area (Å²) in [6.45, 7) is 9.38. The van der Waals surface area contributed by atoms with Gasteiger partial charge in [0.15, 0.2) is 0 Å². The van der Waals surface area contributed by atoms with Gasteiger partial charge in [-0.2, -0.15) is 0 Å². The van der Waals surface area contributed by atoms with E-state index in [9.17, 15) is 0 Å². The van der Waals surface area contributed by atoms with Gasteiger partial charge < -0.3 is 0 Å². The Balaban J connectivity index is 2.02. The second-order valence-corrected chi connectivity index (χ2v) is 7.02. The maximum absolute atomic E-state index is 4.60. The molecule has 104 valence electrons. The van der Waals surface area contributed by atoms with Crippen molar-refractivity contribution in [2.75, 3.05) is 0 Å². The molecule has 0 atom stereocenters. The highest BCUT2D eigenvalue weighted by molar-refractivity contribution is 5.33. The van der Waals surface area contributed by atoms with Crippen LogP contribution in [0.1, 0.15) is 50.9 Å². The van der Waals surface area contributed by atoms with E-state index in [1.165, 1.54) is 11.4 Å². The van der Waals surface area contributed by atoms with Crippen molar-refractivity contribution in [1.82, 2.24) is 9.97 Å². The number of hydrogen-bond acceptors (Lipinski definition) is 2. The van der Waals surface area contributed by atoms with Crippen molar-refractivity contribution in [2.45, 2.75) is 39.5 Å². The van der Waals surface area contributed by atoms with Crippen LogP contribution in [0.25, 0.3) is 0 Å². The van der Waals surface area contributed by atoms with Crippen LogP contribution < -0.4 is 0 Å². The van der Waals surface area contributed by atoms with Crippen molar-refractivity contribution in [1.29, 1.82) is 0 Å². The van der Waals surface area contributed by atoms with Crippen LogP contribution in [0.5, 0.6) is 0 Å². The monoisotopic (exact) mass is 266 g/mol. The first-order valence-electron chi connectivity index (χ1n) is 7.27. The first-order valence-corrected chi connectivity index (χ1v) is 7.27. The zero-order chi connectivity index (χ0) is 14.4. The van der Waals surface area contributed by atoms with Gasteiger partial charge in [0.1, 0.15) is 0 Å². The van der Waals surface area contributed by atoms with Crippen molar-refractivity contribution in [2.24, 2.45) is 10.8 Å². The minimum absolute atomic E-state index is 0.173. The molecule has 0 spiro atoms. The molecular formula is C18H22N2. The Morgan fingerprint density at radius 1 is 0.700 bits per heavy atom. The van der Waals surface area contributed by atoms with Crippen LogP contribution in [0.3, 0.4) is 0 Å². The summed E-state index contributed by atoms with van der Waals surface area (Å²) in [5, 5.41) is 0. The van der Waals surface area contributed by atoms with Crippen LogP contribution in [0.4, 0.5) is 0 Å². The van der Waals surface area contributed by atoms with E-state index in [1.807, 2.05) is 24.5 Å². The van der Waals surface area contributed by atoms with E-state index in [4.69, 9.17) is 0 Å². The zero-order valence-corrected chi connectivity index (χ0v) is 12.7. The largest absolute Gasteiger partial charge is 0.261 e. The second-order valence-electron chi connectivity index (χ2n) is 7.02. The minimum atomic E-state index is 0.173. The standard InChI is InChI=1S/C18H22N2/c1-17(2)15(13-9-5-7-11-19-13)18(3,4)16(17)14-10-6-8-12-20-14/h5-12,15-16H,1-4H3. The lowest BCUT2D eigenvalue weighted by atomic mass is 9.40. The van der Waals surface area contributed by atoms with E-state index in [-0.39, 0.29) is 10.8 Å². The highest BCUT2D eigenvalue weighted by Crippen LogP contribution is 2.71. The number of pyridine rings is 2. The predicted octanol–water partition coefficient (Wildman–Crippen LogP) is 4.41. The van der Waals surface area contributed by atoms with Gasteiger partial charge in [-0.05, 0) is 35.1 Å². The Hall–Kier alpha value is -1.70. The number of aromatic nitrogens is 2. The fourth-order valence-corrected chi connectivity index (χ4v) is 4.77. The molecule has 2 aromatic heterocycles. The average Bonchev–Trinajstić information content (AvgIpc) is 2.39. The summed E-state index contributed by atoms with van der Waals surface area (Å²) >= 11 is 0. The van der Waals surface area contributed by atoms with Crippen LogP contribution in [0.15, 0.2) is 48.8 Å². The van der Waals surface area contributed by atoms with Crippen molar-refractivity contribution < 1.29 is 0 Å². The van der Waals surface area contributed by atoms with E-state index in [0.717, 1.165) is 0 Å². The quantitative estimate of drug-likeness (QED) is 0.804. The van der Waals surface area contributed by atoms with Gasteiger partial charge in [-0.1, -0.05) is 39.8 Å². The number of nitrogens with zero attached hydrogens (tertiary/aromatic N) is 2. The van der Waals surface area contributed by atoms with Gasteiger partial charge in [-0.3, -0.25) is 9.97 Å². The van der Waals surface area contributed by atoms with Crippen molar-refractivity contribution in [3.8, 4) is 0 Å². The lowest BCUT2D eigenvalue weighted by Gasteiger charge is -2.64. The number of rotatable bonds is 2. The molecule has 3 rings (SSSR count). The molecule has 1 aliphatic rings. The third-order valence-electron chi connectivity index (χ3n) is 4.94. The van der Waals surface area contributed by atoms with Gasteiger partial charge in [0.05, 0.1) is 0 Å². The van der Waals surface area contributed by atoms with Gasteiger partial charge >= 0.3 is 0 Å². The molecule has 2 heterocycles. The van der Waals surface area contributed by atoms with Gasteiger partial charge in [0, 0.05) is 35.6 Å². The van der Waals surface area contributed by atoms with E-state index in [2.05, 4.69) is 61.9 Å². The van der Waals surface area contributed by atoms with Gasteiger partial charge in [-0.25, -0.2) is 0 Å². The van der Waals surface area contributed by atoms with Gasteiger partial charge in [-0.15, -0.1) is 0 Å². The summed E-state index contributed by atoms with van der Waals surface area (Å²) < 4.78 is 0. The molecule has 2 nitrogen and oxygen atoms in total. The molecule has 0 aliphatic heterocycles. The molecule has 20 heavy (non-hydrogen) atoms. The predicted molar refractivity (Wildman–Crippen MR) is 81.5 cm³/mol. The van der Waals surface area contributed by atoms with Crippen LogP contribution in [0.2, 0.25) is 0 Å². The molecule has 0 N–H and O–H groups in total. The van der Waals surface area contributed by atoms with E-state index < -0.39 is 0 Å². The summed E-state index contributed by atoms with van der Waals surface area (Å²) in [6.07, 6.45) is 3.80. The second kappa shape index (κ2) is 4.41. The van der Waals surface area contributed by atoms with Gasteiger partial charge in [0.2, 0.25) is 0 Å². The molecule has 1 fully saturated rings. The average molecular weight is 266 g/mol. The molecule has 0 unspecified atom stereocenters. The Labute approximate surface area is 121 Å². The summed E-state index contributed by atoms with van der Waals surface area (Å²) in [4.78, 5) is 9.20. The van der Waals surface area contributed by atoms with Gasteiger partial charge in [0.25, 0.3) is 0 Å². The smallest absolute Gasteiger partial charge is 0.0445 e. The third-order valence-corrected chi connectivity index (χ3v) is 4.94. The SMILES string of the molecule is CC1(C)C(c2ccccn2)C(C)(C)C1c1ccccn1. The van der Waals surface area contributed by atoms with E-state index >= 15 is 0 Å². The Bertz CT molecular complexity index is 520. The van der Waals surface area contributed by atoms with Crippen LogP contribution in [-0.2, 0) is 0 Å². The normalized spacial score (nSPS) is 26.8. The lowest BCUT2D eigenvalue weighted by molar-refractivity contribution is -0.0661. The highest BCUT2D eigenvalue weighted by Gasteiger charge is 2.63. The van der Waals surface area contributed by atoms with E-state index in [1.54, 1.807) is 0 Å². The van der Waals surface area contributed by atoms with Crippen molar-refractivity contribution in [3.63, 3.8) is 0 Å². The molecule has 0 aromatic carbocycles. The molecule has 0 saturated heterocycles. The summed E-state index contributed by atoms with van der Waals surface area (Å²) in [5.41, 5.74) is 2.75. The Morgan fingerprint density at radius 3 is 1.40 bits per heavy atom. The van der Waals surface area contributed by atoms with Crippen LogP contribution >= 0.6 is 0 Å². The molecule has 0 bridgehead atoms. The molecule has 2 heteroatoms. The summed E-state index contributed by atoms with van der Waals surface area (Å²) in [7, 11) is 0. The third kappa shape index (κ3) is 1.78. The fraction of sp³-hybridized carbons (Fsp3) is 0.444. The highest BCUT2D eigenvalue weighted by atomic mass is 14.8. The Kier molecular flexibility index (Phi) is 2.93. The molecular weight excluding hydrogens is 244 g/mol. The maximum atomic E-state index is 4.60. The summed E-state index contributed by atoms with van der Waals surface area (Å²) in [6, 6.07) is 12.5. The van der Waals surface area contributed by atoms with Crippen LogP contribution in [-0.4, -0.2) is 9.97 Å². The zero-order valence-electron chi connectivity index (χ0n) is 12.7. The first-order chi connectivity index (χ1) is 9.45. The lowest BCUT2D eigenvalue weighted by Crippen LogP contribution is -2.56. The van der Waals surface area contributed by atoms with Crippen LogP contribution in [0, 0.1) is 10.8 Å². The minimum Gasteiger partial charge on any atom is -0.261 e. The number of hydrogen-bond donors (Lipinski definition) is 0. The molecule has 1 saturated carbocycles. The Morgan fingerprint density at radius 2 is 1.10 bits per heavy atom. The summed E-state index contributed by atoms with van der Waals surface area (Å²) in [5.74, 6) is 0.923. The molecule has 0 amide bonds. The fourth-order valence-electron chi connectivity index (χ4n) is 4.77. The first kappa shape index (κ1) is 13.3. The molecule has 1 aliphatic carbocycles. The maximum Gasteiger partial charge on any atom is 0.0445 e. The molecule has 2 aromatic rings. The van der Waals surface area contributed by atoms with Crippen molar-refractivity contribution in [3.05, 3.63) is 60.2 Å². The van der Waals surface area contributed by atoms with E-state index in [0.29, 0.717) is 11.8 Å².